The summed E-state index contributed by atoms with van der Waals surface area (Å²) in [6, 6.07) is 12.8. The molecule has 1 N–H and O–H groups in total. The van der Waals surface area contributed by atoms with Crippen LogP contribution in [0, 0.1) is 11.3 Å². The summed E-state index contributed by atoms with van der Waals surface area (Å²) in [7, 11) is 0.155. The van der Waals surface area contributed by atoms with E-state index in [2.05, 4.69) is 19.2 Å². The van der Waals surface area contributed by atoms with Crippen molar-refractivity contribution < 1.29 is 28.1 Å². The number of ether oxygens (including phenoxy) is 2. The first-order valence-corrected chi connectivity index (χ1v) is 16.2. The van der Waals surface area contributed by atoms with Crippen LogP contribution < -0.4 is 14.8 Å². The molecule has 5 atom stereocenters. The second-order valence-corrected chi connectivity index (χ2v) is 15.6. The number of piperidine rings is 2. The molecule has 2 aromatic carbocycles. The van der Waals surface area contributed by atoms with E-state index in [1.165, 1.54) is 0 Å². The average molecular weight is 614 g/mol. The van der Waals surface area contributed by atoms with E-state index in [9.17, 15) is 18.6 Å². The van der Waals surface area contributed by atoms with Crippen LogP contribution in [0.5, 0.6) is 11.5 Å². The van der Waals surface area contributed by atoms with Crippen LogP contribution in [-0.4, -0.2) is 62.0 Å². The van der Waals surface area contributed by atoms with Crippen molar-refractivity contribution in [2.24, 2.45) is 11.3 Å². The van der Waals surface area contributed by atoms with Crippen LogP contribution in [0.15, 0.2) is 70.7 Å². The van der Waals surface area contributed by atoms with Crippen molar-refractivity contribution in [1.29, 1.82) is 0 Å². The number of carbonyl (C=O) groups excluding carboxylic acids is 3. The Morgan fingerprint density at radius 1 is 1.02 bits per heavy atom. The van der Waals surface area contributed by atoms with Gasteiger partial charge in [0.15, 0.2) is 11.5 Å². The Morgan fingerprint density at radius 3 is 2.52 bits per heavy atom. The normalized spacial score (nSPS) is 34.2. The van der Waals surface area contributed by atoms with E-state index in [0.29, 0.717) is 34.9 Å². The van der Waals surface area contributed by atoms with Crippen molar-refractivity contribution in [2.45, 2.75) is 73.9 Å². The number of fused-ring (bicyclic) bond motifs is 5. The summed E-state index contributed by atoms with van der Waals surface area (Å²) < 4.78 is 25.8. The predicted octanol–water partition coefficient (Wildman–Crippen LogP) is 4.26. The number of carbonyl (C=O) groups is 3. The highest BCUT2D eigenvalue weighted by molar-refractivity contribution is 7.90. The van der Waals surface area contributed by atoms with Crippen LogP contribution in [0.25, 0.3) is 0 Å². The molecular formula is C34H35N3O6S. The van der Waals surface area contributed by atoms with Crippen molar-refractivity contribution in [3.8, 4) is 11.5 Å². The first kappa shape index (κ1) is 27.6. The summed E-state index contributed by atoms with van der Waals surface area (Å²) in [5.74, 6) is 0.311. The maximum atomic E-state index is 14.4. The second kappa shape index (κ2) is 8.41. The molecule has 1 aliphatic carbocycles. The van der Waals surface area contributed by atoms with Crippen LogP contribution in [0.4, 0.5) is 5.69 Å². The standard InChI is InChI=1S/C34H35N3O6S/c1-30(2)15-16-42-26-22(43-30)12-11-21-25(26)35-28(39)34(21)18-33-19-37-27(38)23(44(41)20-9-7-6-8-10-20)13-14-32(37,29(40)36(33)5)17-24(33)31(34,3)4/h6-13,15-16,24H,14,17-19H2,1-5H3,(H,35,39)/t24-,32-,33+,34+,44?/m0/s1. The molecular weight excluding hydrogens is 578 g/mol. The number of nitrogens with zero attached hydrogens (tertiary/aromatic N) is 2. The fraction of sp³-hybridized carbons (Fsp3) is 0.441. The second-order valence-electron chi connectivity index (χ2n) is 14.2. The molecule has 4 fully saturated rings. The molecule has 44 heavy (non-hydrogen) atoms. The lowest BCUT2D eigenvalue weighted by Gasteiger charge is -2.66. The lowest BCUT2D eigenvalue weighted by Crippen LogP contribution is -2.81. The fourth-order valence-electron chi connectivity index (χ4n) is 9.28. The molecule has 10 heteroatoms. The van der Waals surface area contributed by atoms with Crippen LogP contribution >= 0.6 is 0 Å². The molecule has 3 saturated heterocycles. The number of nitrogens with one attached hydrogen (secondary N) is 1. The first-order valence-electron chi connectivity index (χ1n) is 15.1. The zero-order valence-corrected chi connectivity index (χ0v) is 26.2. The monoisotopic (exact) mass is 613 g/mol. The molecule has 6 heterocycles. The van der Waals surface area contributed by atoms with Gasteiger partial charge in [-0.25, -0.2) is 4.21 Å². The van der Waals surface area contributed by atoms with Gasteiger partial charge in [-0.05, 0) is 74.3 Å². The van der Waals surface area contributed by atoms with Crippen LogP contribution in [0.1, 0.15) is 52.5 Å². The number of piperazine rings is 1. The van der Waals surface area contributed by atoms with Gasteiger partial charge in [-0.1, -0.05) is 44.2 Å². The molecule has 9 rings (SSSR count). The van der Waals surface area contributed by atoms with E-state index in [4.69, 9.17) is 9.47 Å². The maximum Gasteiger partial charge on any atom is 0.263 e. The summed E-state index contributed by atoms with van der Waals surface area (Å²) >= 11 is 0. The van der Waals surface area contributed by atoms with Gasteiger partial charge in [-0.3, -0.25) is 14.4 Å². The first-order chi connectivity index (χ1) is 20.8. The number of hydrogen-bond donors (Lipinski definition) is 1. The fourth-order valence-corrected chi connectivity index (χ4v) is 10.4. The van der Waals surface area contributed by atoms with Gasteiger partial charge in [0, 0.05) is 18.5 Å². The molecule has 1 unspecified atom stereocenters. The molecule has 0 radical (unpaired) electrons. The van der Waals surface area contributed by atoms with Gasteiger partial charge in [0.2, 0.25) is 11.8 Å². The highest BCUT2D eigenvalue weighted by atomic mass is 32.2. The summed E-state index contributed by atoms with van der Waals surface area (Å²) in [5.41, 5.74) is -2.62. The van der Waals surface area contributed by atoms with E-state index >= 15 is 0 Å². The summed E-state index contributed by atoms with van der Waals surface area (Å²) in [6.07, 6.45) is 6.21. The third kappa shape index (κ3) is 3.09. The minimum absolute atomic E-state index is 0.0807. The molecule has 2 bridgehead atoms. The van der Waals surface area contributed by atoms with Gasteiger partial charge >= 0.3 is 0 Å². The molecule has 3 spiro atoms. The molecule has 228 valence electrons. The lowest BCUT2D eigenvalue weighted by atomic mass is 9.56. The van der Waals surface area contributed by atoms with Crippen molar-refractivity contribution in [1.82, 2.24) is 9.80 Å². The van der Waals surface area contributed by atoms with Crippen molar-refractivity contribution in [2.75, 3.05) is 18.9 Å². The van der Waals surface area contributed by atoms with Crippen molar-refractivity contribution in [3.05, 3.63) is 71.3 Å². The van der Waals surface area contributed by atoms with Gasteiger partial charge in [0.05, 0.1) is 33.7 Å². The van der Waals surface area contributed by atoms with Gasteiger partial charge in [0.25, 0.3) is 5.91 Å². The molecule has 7 aliphatic rings. The lowest BCUT2D eigenvalue weighted by molar-refractivity contribution is -0.194. The summed E-state index contributed by atoms with van der Waals surface area (Å²) in [6.45, 7) is 8.41. The number of rotatable bonds is 2. The number of amides is 3. The number of likely N-dealkylation sites (N-methyl/N-ethyl adjacent to an activating group) is 1. The molecule has 9 nitrogen and oxygen atoms in total. The minimum atomic E-state index is -1.67. The Morgan fingerprint density at radius 2 is 1.77 bits per heavy atom. The highest BCUT2D eigenvalue weighted by Crippen LogP contribution is 2.72. The number of hydrogen-bond acceptors (Lipinski definition) is 6. The Bertz CT molecular complexity index is 1780. The van der Waals surface area contributed by atoms with Gasteiger partial charge in [-0.15, -0.1) is 0 Å². The Labute approximate surface area is 258 Å². The zero-order valence-electron chi connectivity index (χ0n) is 25.4. The third-order valence-electron chi connectivity index (χ3n) is 11.5. The Kier molecular flexibility index (Phi) is 5.28. The van der Waals surface area contributed by atoms with E-state index in [1.807, 2.05) is 50.1 Å². The van der Waals surface area contributed by atoms with E-state index in [1.54, 1.807) is 41.5 Å². The van der Waals surface area contributed by atoms with E-state index in [-0.39, 0.29) is 41.5 Å². The molecule has 0 aromatic heterocycles. The Balaban J connectivity index is 1.24. The SMILES string of the molecule is CN1C(=O)[C@@]23CC=C(S(=O)c4ccccc4)C(=O)N2C[C@@]12C[C@@]1(C(=O)Nc4c1ccc1c4OC=CC(C)(C)O1)C(C)(C)[C@@H]2C3. The van der Waals surface area contributed by atoms with Crippen LogP contribution in [-0.2, 0) is 30.6 Å². The van der Waals surface area contributed by atoms with Crippen molar-refractivity contribution >= 4 is 34.2 Å². The topological polar surface area (TPSA) is 105 Å². The number of anilines is 1. The van der Waals surface area contributed by atoms with Crippen molar-refractivity contribution in [3.63, 3.8) is 0 Å². The van der Waals surface area contributed by atoms with E-state index in [0.717, 1.165) is 5.56 Å². The summed E-state index contributed by atoms with van der Waals surface area (Å²) in [4.78, 5) is 47.1. The Hall–Kier alpha value is -3.92. The molecule has 6 aliphatic heterocycles. The zero-order chi connectivity index (χ0) is 31.0. The average Bonchev–Trinajstić information content (AvgIpc) is 3.31. The van der Waals surface area contributed by atoms with Crippen LogP contribution in [0.3, 0.4) is 0 Å². The van der Waals surface area contributed by atoms with Crippen LogP contribution in [0.2, 0.25) is 0 Å². The predicted molar refractivity (Wildman–Crippen MR) is 163 cm³/mol. The van der Waals surface area contributed by atoms with Gasteiger partial charge in [0.1, 0.15) is 16.0 Å². The molecule has 1 saturated carbocycles. The number of benzene rings is 2. The molecule has 2 aromatic rings. The third-order valence-corrected chi connectivity index (χ3v) is 13.0. The van der Waals surface area contributed by atoms with E-state index < -0.39 is 38.3 Å². The minimum Gasteiger partial charge on any atom is -0.480 e. The largest absolute Gasteiger partial charge is 0.480 e. The smallest absolute Gasteiger partial charge is 0.263 e. The quantitative estimate of drug-likeness (QED) is 0.543. The molecule has 3 amide bonds. The van der Waals surface area contributed by atoms with Gasteiger partial charge in [-0.2, -0.15) is 0 Å². The van der Waals surface area contributed by atoms with Gasteiger partial charge < -0.3 is 24.6 Å². The highest BCUT2D eigenvalue weighted by Gasteiger charge is 2.79. The maximum absolute atomic E-state index is 14.4. The summed E-state index contributed by atoms with van der Waals surface area (Å²) in [5, 5.41) is 3.16.